The van der Waals surface area contributed by atoms with Crippen LogP contribution in [-0.4, -0.2) is 35.5 Å². The highest BCUT2D eigenvalue weighted by Crippen LogP contribution is 2.22. The summed E-state index contributed by atoms with van der Waals surface area (Å²) in [6.07, 6.45) is 2.84. The molecule has 0 saturated heterocycles. The minimum absolute atomic E-state index is 0.185. The van der Waals surface area contributed by atoms with Gasteiger partial charge in [-0.25, -0.2) is 29.0 Å². The van der Waals surface area contributed by atoms with Crippen molar-refractivity contribution in [3.63, 3.8) is 0 Å². The first-order valence-corrected chi connectivity index (χ1v) is 8.35. The fourth-order valence-corrected chi connectivity index (χ4v) is 2.91. The molecule has 4 aromatic rings. The van der Waals surface area contributed by atoms with Gasteiger partial charge in [0.1, 0.15) is 23.0 Å². The van der Waals surface area contributed by atoms with Crippen molar-refractivity contribution in [1.29, 1.82) is 0 Å². The van der Waals surface area contributed by atoms with E-state index in [-0.39, 0.29) is 16.7 Å². The van der Waals surface area contributed by atoms with Gasteiger partial charge in [0, 0.05) is 6.92 Å². The van der Waals surface area contributed by atoms with Crippen LogP contribution in [0.25, 0.3) is 22.1 Å². The molecule has 0 aliphatic rings. The Kier molecular flexibility index (Phi) is 4.18. The molecule has 4 rings (SSSR count). The van der Waals surface area contributed by atoms with Crippen LogP contribution in [0.5, 0.6) is 0 Å². The van der Waals surface area contributed by atoms with Gasteiger partial charge >= 0.3 is 0 Å². The Bertz CT molecular complexity index is 1270. The van der Waals surface area contributed by atoms with Crippen LogP contribution >= 0.6 is 0 Å². The smallest absolute Gasteiger partial charge is 0.283 e. The summed E-state index contributed by atoms with van der Waals surface area (Å²) >= 11 is 0. The number of aromatic amines is 1. The van der Waals surface area contributed by atoms with E-state index < -0.39 is 23.3 Å². The fraction of sp³-hybridized carbons (Fsp3) is 0.176. The molecule has 0 spiro atoms. The fourth-order valence-electron chi connectivity index (χ4n) is 2.91. The molecule has 3 heterocycles. The van der Waals surface area contributed by atoms with Gasteiger partial charge in [-0.3, -0.25) is 15.0 Å². The number of nitrogens with one attached hydrogen (secondary N) is 3. The molecule has 1 atom stereocenters. The summed E-state index contributed by atoms with van der Waals surface area (Å²) in [5.74, 6) is -0.579. The standard InChI is InChI=1S/C17H15FN8O2/c1-8(23-15-13-14(20-6-19-13)21-7-22-15)16-24-11-5-3-4-10(18)12(11)17(28)26(16)25-9(2)27/h3-8H,1-2H3,(H,25,27)(H2,19,20,21,22,23). The number of H-pyrrole nitrogens is 1. The molecule has 1 amide bonds. The lowest BCUT2D eigenvalue weighted by atomic mass is 10.2. The maximum atomic E-state index is 14.2. The molecule has 0 aliphatic heterocycles. The number of nitrogens with zero attached hydrogens (tertiary/aromatic N) is 5. The van der Waals surface area contributed by atoms with Crippen LogP contribution in [0.4, 0.5) is 10.2 Å². The van der Waals surface area contributed by atoms with E-state index >= 15 is 0 Å². The second kappa shape index (κ2) is 6.68. The van der Waals surface area contributed by atoms with E-state index in [1.807, 2.05) is 0 Å². The average molecular weight is 382 g/mol. The number of halogens is 1. The van der Waals surface area contributed by atoms with Crippen molar-refractivity contribution in [2.75, 3.05) is 10.7 Å². The monoisotopic (exact) mass is 382 g/mol. The van der Waals surface area contributed by atoms with E-state index in [9.17, 15) is 14.0 Å². The summed E-state index contributed by atoms with van der Waals surface area (Å²) in [6.45, 7) is 2.98. The number of carbonyl (C=O) groups excluding carboxylic acids is 1. The highest BCUT2D eigenvalue weighted by atomic mass is 19.1. The third-order valence-corrected chi connectivity index (χ3v) is 4.11. The quantitative estimate of drug-likeness (QED) is 0.487. The lowest BCUT2D eigenvalue weighted by Crippen LogP contribution is -2.37. The van der Waals surface area contributed by atoms with Gasteiger partial charge in [-0.2, -0.15) is 0 Å². The van der Waals surface area contributed by atoms with Gasteiger partial charge < -0.3 is 10.3 Å². The van der Waals surface area contributed by atoms with Gasteiger partial charge in [0.25, 0.3) is 5.56 Å². The van der Waals surface area contributed by atoms with Crippen LogP contribution < -0.4 is 16.3 Å². The molecule has 142 valence electrons. The minimum atomic E-state index is -0.712. The summed E-state index contributed by atoms with van der Waals surface area (Å²) < 4.78 is 15.1. The normalized spacial score (nSPS) is 12.2. The second-order valence-corrected chi connectivity index (χ2v) is 6.10. The van der Waals surface area contributed by atoms with E-state index in [1.165, 1.54) is 37.8 Å². The zero-order valence-electron chi connectivity index (χ0n) is 14.9. The van der Waals surface area contributed by atoms with Crippen LogP contribution in [0, 0.1) is 5.82 Å². The topological polar surface area (TPSA) is 130 Å². The number of aromatic nitrogens is 6. The Labute approximate surface area is 156 Å². The first-order chi connectivity index (χ1) is 13.5. The lowest BCUT2D eigenvalue weighted by Gasteiger charge is -2.20. The molecule has 1 aromatic carbocycles. The molecule has 11 heteroatoms. The number of imidazole rings is 1. The third-order valence-electron chi connectivity index (χ3n) is 4.11. The predicted octanol–water partition coefficient (Wildman–Crippen LogP) is 1.46. The maximum Gasteiger partial charge on any atom is 0.283 e. The van der Waals surface area contributed by atoms with Crippen molar-refractivity contribution in [2.45, 2.75) is 19.9 Å². The highest BCUT2D eigenvalue weighted by Gasteiger charge is 2.20. The number of anilines is 1. The molecule has 0 bridgehead atoms. The van der Waals surface area contributed by atoms with Gasteiger partial charge in [0.15, 0.2) is 17.3 Å². The molecular weight excluding hydrogens is 367 g/mol. The maximum absolute atomic E-state index is 14.2. The molecule has 0 radical (unpaired) electrons. The molecule has 3 N–H and O–H groups in total. The van der Waals surface area contributed by atoms with E-state index in [1.54, 1.807) is 6.92 Å². The Hall–Kier alpha value is -3.89. The summed E-state index contributed by atoms with van der Waals surface area (Å²) in [5.41, 5.74) is 2.92. The van der Waals surface area contributed by atoms with E-state index in [2.05, 4.69) is 35.7 Å². The van der Waals surface area contributed by atoms with Gasteiger partial charge in [-0.1, -0.05) is 6.07 Å². The summed E-state index contributed by atoms with van der Waals surface area (Å²) in [7, 11) is 0. The molecule has 0 saturated carbocycles. The molecule has 28 heavy (non-hydrogen) atoms. The Morgan fingerprint density at radius 2 is 2.11 bits per heavy atom. The number of carbonyl (C=O) groups is 1. The van der Waals surface area contributed by atoms with Crippen LogP contribution in [0.1, 0.15) is 25.7 Å². The zero-order chi connectivity index (χ0) is 19.8. The second-order valence-electron chi connectivity index (χ2n) is 6.10. The molecular formula is C17H15FN8O2. The first-order valence-electron chi connectivity index (χ1n) is 8.35. The number of hydrogen-bond acceptors (Lipinski definition) is 7. The van der Waals surface area contributed by atoms with Gasteiger partial charge in [-0.15, -0.1) is 0 Å². The van der Waals surface area contributed by atoms with Crippen LogP contribution in [0.15, 0.2) is 35.6 Å². The van der Waals surface area contributed by atoms with Gasteiger partial charge in [0.05, 0.1) is 17.9 Å². The molecule has 0 fully saturated rings. The first kappa shape index (κ1) is 17.5. The van der Waals surface area contributed by atoms with Crippen molar-refractivity contribution in [1.82, 2.24) is 29.6 Å². The minimum Gasteiger partial charge on any atom is -0.358 e. The molecule has 1 unspecified atom stereocenters. The highest BCUT2D eigenvalue weighted by molar-refractivity contribution is 5.83. The average Bonchev–Trinajstić information content (AvgIpc) is 3.13. The Balaban J connectivity index is 1.85. The summed E-state index contributed by atoms with van der Waals surface area (Å²) in [6, 6.07) is 3.59. The number of rotatable bonds is 4. The number of amides is 1. The molecule has 0 aliphatic carbocycles. The van der Waals surface area contributed by atoms with Gasteiger partial charge in [0.2, 0.25) is 5.91 Å². The van der Waals surface area contributed by atoms with Crippen molar-refractivity contribution >= 4 is 33.8 Å². The molecule has 10 nitrogen and oxygen atoms in total. The largest absolute Gasteiger partial charge is 0.358 e. The Morgan fingerprint density at radius 1 is 1.29 bits per heavy atom. The van der Waals surface area contributed by atoms with E-state index in [0.29, 0.717) is 17.0 Å². The predicted molar refractivity (Wildman–Crippen MR) is 99.7 cm³/mol. The summed E-state index contributed by atoms with van der Waals surface area (Å²) in [4.78, 5) is 44.1. The van der Waals surface area contributed by atoms with E-state index in [4.69, 9.17) is 0 Å². The lowest BCUT2D eigenvalue weighted by molar-refractivity contribution is -0.115. The van der Waals surface area contributed by atoms with Crippen molar-refractivity contribution < 1.29 is 9.18 Å². The molecule has 3 aromatic heterocycles. The van der Waals surface area contributed by atoms with Crippen LogP contribution in [-0.2, 0) is 4.79 Å². The van der Waals surface area contributed by atoms with Crippen LogP contribution in [0.2, 0.25) is 0 Å². The van der Waals surface area contributed by atoms with Gasteiger partial charge in [-0.05, 0) is 19.1 Å². The Morgan fingerprint density at radius 3 is 2.89 bits per heavy atom. The number of hydrogen-bond donors (Lipinski definition) is 3. The van der Waals surface area contributed by atoms with E-state index in [0.717, 1.165) is 4.68 Å². The van der Waals surface area contributed by atoms with Crippen molar-refractivity contribution in [2.24, 2.45) is 0 Å². The third kappa shape index (κ3) is 2.92. The van der Waals surface area contributed by atoms with Crippen molar-refractivity contribution in [3.05, 3.63) is 52.8 Å². The SMILES string of the molecule is CC(=O)Nn1c(C(C)Nc2ncnc3nc[nH]c23)nc2cccc(F)c2c1=O. The number of fused-ring (bicyclic) bond motifs is 2. The summed E-state index contributed by atoms with van der Waals surface area (Å²) in [5, 5.41) is 2.91. The zero-order valence-corrected chi connectivity index (χ0v) is 14.9. The van der Waals surface area contributed by atoms with Crippen molar-refractivity contribution in [3.8, 4) is 0 Å². The number of benzene rings is 1. The van der Waals surface area contributed by atoms with Crippen LogP contribution in [0.3, 0.4) is 0 Å².